The topological polar surface area (TPSA) is 105 Å². The minimum Gasteiger partial charge on any atom is -0.480 e. The van der Waals surface area contributed by atoms with Crippen molar-refractivity contribution in [2.24, 2.45) is 5.92 Å². The third kappa shape index (κ3) is 4.04. The fourth-order valence-electron chi connectivity index (χ4n) is 1.44. The van der Waals surface area contributed by atoms with Crippen LogP contribution >= 0.6 is 0 Å². The second kappa shape index (κ2) is 6.00. The van der Waals surface area contributed by atoms with Crippen molar-refractivity contribution in [3.8, 4) is 0 Å². The third-order valence-electron chi connectivity index (χ3n) is 2.44. The summed E-state index contributed by atoms with van der Waals surface area (Å²) in [5.74, 6) is -1.58. The molecule has 0 aromatic carbocycles. The average molecular weight is 251 g/mol. The highest BCUT2D eigenvalue weighted by molar-refractivity contribution is 5.84. The van der Waals surface area contributed by atoms with Crippen molar-refractivity contribution in [1.82, 2.24) is 10.3 Å². The number of carbonyl (C=O) groups excluding carboxylic acids is 1. The highest BCUT2D eigenvalue weighted by Crippen LogP contribution is 2.04. The lowest BCUT2D eigenvalue weighted by molar-refractivity contribution is -0.143. The zero-order chi connectivity index (χ0) is 13.7. The van der Waals surface area contributed by atoms with E-state index < -0.39 is 12.0 Å². The number of aromatic nitrogens is 1. The number of anilines is 1. The SMILES string of the molecule is CC(C)[C@@H](NC(=O)Cc1ccc(N)cn1)C(=O)O. The van der Waals surface area contributed by atoms with Crippen molar-refractivity contribution in [3.63, 3.8) is 0 Å². The van der Waals surface area contributed by atoms with E-state index in [1.54, 1.807) is 26.0 Å². The van der Waals surface area contributed by atoms with Crippen LogP contribution in [0, 0.1) is 5.92 Å². The van der Waals surface area contributed by atoms with E-state index in [4.69, 9.17) is 10.8 Å². The molecule has 0 saturated heterocycles. The third-order valence-corrected chi connectivity index (χ3v) is 2.44. The molecule has 0 bridgehead atoms. The van der Waals surface area contributed by atoms with Crippen LogP contribution in [0.15, 0.2) is 18.3 Å². The van der Waals surface area contributed by atoms with Gasteiger partial charge in [-0.1, -0.05) is 13.8 Å². The molecule has 1 aromatic heterocycles. The minimum atomic E-state index is -1.04. The van der Waals surface area contributed by atoms with E-state index >= 15 is 0 Å². The summed E-state index contributed by atoms with van der Waals surface area (Å²) in [6.07, 6.45) is 1.50. The predicted molar refractivity (Wildman–Crippen MR) is 66.8 cm³/mol. The highest BCUT2D eigenvalue weighted by Gasteiger charge is 2.23. The molecule has 0 aliphatic heterocycles. The molecule has 1 rings (SSSR count). The predicted octanol–water partition coefficient (Wildman–Crippen LogP) is 0.432. The number of hydrogen-bond donors (Lipinski definition) is 3. The second-order valence-electron chi connectivity index (χ2n) is 4.39. The Kier molecular flexibility index (Phi) is 4.65. The number of nitrogens with zero attached hydrogens (tertiary/aromatic N) is 1. The molecule has 4 N–H and O–H groups in total. The van der Waals surface area contributed by atoms with Gasteiger partial charge in [-0.05, 0) is 18.1 Å². The number of hydrogen-bond acceptors (Lipinski definition) is 4. The van der Waals surface area contributed by atoms with Crippen molar-refractivity contribution in [2.75, 3.05) is 5.73 Å². The maximum Gasteiger partial charge on any atom is 0.326 e. The minimum absolute atomic E-state index is 0.0385. The van der Waals surface area contributed by atoms with Crippen molar-refractivity contribution in [1.29, 1.82) is 0 Å². The van der Waals surface area contributed by atoms with Gasteiger partial charge in [-0.25, -0.2) is 4.79 Å². The Labute approximate surface area is 105 Å². The van der Waals surface area contributed by atoms with E-state index in [-0.39, 0.29) is 18.2 Å². The molecule has 0 saturated carbocycles. The van der Waals surface area contributed by atoms with Crippen LogP contribution in [-0.4, -0.2) is 28.0 Å². The molecular formula is C12H17N3O3. The van der Waals surface area contributed by atoms with Crippen LogP contribution in [0.3, 0.4) is 0 Å². The van der Waals surface area contributed by atoms with E-state index in [1.807, 2.05) is 0 Å². The van der Waals surface area contributed by atoms with Gasteiger partial charge in [0, 0.05) is 5.69 Å². The monoisotopic (exact) mass is 251 g/mol. The van der Waals surface area contributed by atoms with Crippen LogP contribution in [0.5, 0.6) is 0 Å². The van der Waals surface area contributed by atoms with Crippen molar-refractivity contribution in [2.45, 2.75) is 26.3 Å². The van der Waals surface area contributed by atoms with E-state index in [0.717, 1.165) is 0 Å². The van der Waals surface area contributed by atoms with Crippen LogP contribution in [0.2, 0.25) is 0 Å². The highest BCUT2D eigenvalue weighted by atomic mass is 16.4. The summed E-state index contributed by atoms with van der Waals surface area (Å²) in [4.78, 5) is 26.6. The van der Waals surface area contributed by atoms with E-state index in [1.165, 1.54) is 6.20 Å². The van der Waals surface area contributed by atoms with Crippen LogP contribution in [-0.2, 0) is 16.0 Å². The second-order valence-corrected chi connectivity index (χ2v) is 4.39. The Hall–Kier alpha value is -2.11. The van der Waals surface area contributed by atoms with Crippen LogP contribution < -0.4 is 11.1 Å². The molecule has 0 aliphatic carbocycles. The maximum atomic E-state index is 11.7. The zero-order valence-electron chi connectivity index (χ0n) is 10.4. The fraction of sp³-hybridized carbons (Fsp3) is 0.417. The van der Waals surface area contributed by atoms with Gasteiger partial charge in [0.15, 0.2) is 0 Å². The summed E-state index contributed by atoms with van der Waals surface area (Å²) in [6.45, 7) is 3.47. The van der Waals surface area contributed by atoms with Crippen molar-refractivity contribution in [3.05, 3.63) is 24.0 Å². The van der Waals surface area contributed by atoms with Crippen LogP contribution in [0.1, 0.15) is 19.5 Å². The molecule has 6 heteroatoms. The Balaban J connectivity index is 2.60. The number of carboxylic acid groups (broad SMARTS) is 1. The number of rotatable bonds is 5. The number of aliphatic carboxylic acids is 1. The van der Waals surface area contributed by atoms with Crippen molar-refractivity contribution < 1.29 is 14.7 Å². The molecular weight excluding hydrogens is 234 g/mol. The van der Waals surface area contributed by atoms with E-state index in [2.05, 4.69) is 10.3 Å². The summed E-state index contributed by atoms with van der Waals surface area (Å²) < 4.78 is 0. The normalized spacial score (nSPS) is 12.2. The molecule has 0 spiro atoms. The molecule has 0 radical (unpaired) electrons. The summed E-state index contributed by atoms with van der Waals surface area (Å²) in [6, 6.07) is 2.40. The summed E-state index contributed by atoms with van der Waals surface area (Å²) in [5.41, 5.74) is 6.55. The van der Waals surface area contributed by atoms with Gasteiger partial charge in [-0.2, -0.15) is 0 Å². The molecule has 0 fully saturated rings. The smallest absolute Gasteiger partial charge is 0.326 e. The number of carbonyl (C=O) groups is 2. The maximum absolute atomic E-state index is 11.7. The van der Waals surface area contributed by atoms with Gasteiger partial charge in [0.2, 0.25) is 5.91 Å². The number of amides is 1. The Morgan fingerprint density at radius 3 is 2.56 bits per heavy atom. The molecule has 18 heavy (non-hydrogen) atoms. The molecule has 1 heterocycles. The Morgan fingerprint density at radius 2 is 2.11 bits per heavy atom. The molecule has 1 aromatic rings. The molecule has 6 nitrogen and oxygen atoms in total. The van der Waals surface area contributed by atoms with Gasteiger partial charge < -0.3 is 16.2 Å². The molecule has 98 valence electrons. The average Bonchev–Trinajstić information content (AvgIpc) is 2.28. The first kappa shape index (κ1) is 14.0. The summed E-state index contributed by atoms with van der Waals surface area (Å²) in [5, 5.41) is 11.4. The largest absolute Gasteiger partial charge is 0.480 e. The van der Waals surface area contributed by atoms with Crippen molar-refractivity contribution >= 4 is 17.6 Å². The number of carboxylic acids is 1. The first-order valence-electron chi connectivity index (χ1n) is 5.62. The number of nitrogens with two attached hydrogens (primary N) is 1. The standard InChI is InChI=1S/C12H17N3O3/c1-7(2)11(12(17)18)15-10(16)5-9-4-3-8(13)6-14-9/h3-4,6-7,11H,5,13H2,1-2H3,(H,15,16)(H,17,18)/t11-/m1/s1. The Morgan fingerprint density at radius 1 is 1.44 bits per heavy atom. The molecule has 1 amide bonds. The van der Waals surface area contributed by atoms with Gasteiger partial charge >= 0.3 is 5.97 Å². The van der Waals surface area contributed by atoms with E-state index in [9.17, 15) is 9.59 Å². The molecule has 0 unspecified atom stereocenters. The van der Waals surface area contributed by atoms with Gasteiger partial charge in [-0.15, -0.1) is 0 Å². The lowest BCUT2D eigenvalue weighted by atomic mass is 10.0. The lowest BCUT2D eigenvalue weighted by Gasteiger charge is -2.17. The lowest BCUT2D eigenvalue weighted by Crippen LogP contribution is -2.44. The zero-order valence-corrected chi connectivity index (χ0v) is 10.4. The summed E-state index contributed by atoms with van der Waals surface area (Å²) in [7, 11) is 0. The van der Waals surface area contributed by atoms with Gasteiger partial charge in [0.25, 0.3) is 0 Å². The molecule has 1 atom stereocenters. The van der Waals surface area contributed by atoms with Crippen LogP contribution in [0.4, 0.5) is 5.69 Å². The van der Waals surface area contributed by atoms with E-state index in [0.29, 0.717) is 11.4 Å². The first-order chi connectivity index (χ1) is 8.40. The quantitative estimate of drug-likeness (QED) is 0.703. The number of pyridine rings is 1. The number of nitrogens with one attached hydrogen (secondary N) is 1. The van der Waals surface area contributed by atoms with Gasteiger partial charge in [0.1, 0.15) is 6.04 Å². The Bertz CT molecular complexity index is 429. The first-order valence-corrected chi connectivity index (χ1v) is 5.62. The fourth-order valence-corrected chi connectivity index (χ4v) is 1.44. The number of nitrogen functional groups attached to an aromatic ring is 1. The van der Waals surface area contributed by atoms with Gasteiger partial charge in [-0.3, -0.25) is 9.78 Å². The molecule has 0 aliphatic rings. The summed E-state index contributed by atoms with van der Waals surface area (Å²) >= 11 is 0. The van der Waals surface area contributed by atoms with Crippen LogP contribution in [0.25, 0.3) is 0 Å². The van der Waals surface area contributed by atoms with Gasteiger partial charge in [0.05, 0.1) is 18.3 Å².